The zero-order valence-electron chi connectivity index (χ0n) is 8.43. The molecule has 0 aliphatic rings. The maximum absolute atomic E-state index is 11.5. The van der Waals surface area contributed by atoms with Crippen molar-refractivity contribution in [2.45, 2.75) is 32.7 Å². The van der Waals surface area contributed by atoms with Crippen molar-refractivity contribution in [3.8, 4) is 0 Å². The molecule has 0 saturated carbocycles. The fraction of sp³-hybridized carbons (Fsp3) is 0.556. The Balaban J connectivity index is 3.51. The zero-order chi connectivity index (χ0) is 10.9. The highest BCUT2D eigenvalue weighted by Gasteiger charge is 2.21. The normalized spacial score (nSPS) is 11.7. The maximum atomic E-state index is 11.5. The summed E-state index contributed by atoms with van der Waals surface area (Å²) in [5, 5.41) is 0.0724. The molecule has 1 heterocycles. The third-order valence-corrected chi connectivity index (χ3v) is 2.57. The first kappa shape index (κ1) is 11.0. The smallest absolute Gasteiger partial charge is 0.298 e. The van der Waals surface area contributed by atoms with Gasteiger partial charge in [-0.05, 0) is 20.3 Å². The minimum Gasteiger partial charge on any atom is -0.298 e. The van der Waals surface area contributed by atoms with Crippen LogP contribution >= 0.6 is 11.6 Å². The summed E-state index contributed by atoms with van der Waals surface area (Å²) in [6, 6.07) is 1.21. The van der Waals surface area contributed by atoms with Gasteiger partial charge in [-0.15, -0.1) is 0 Å². The van der Waals surface area contributed by atoms with Crippen LogP contribution in [0.1, 0.15) is 27.2 Å². The van der Waals surface area contributed by atoms with Crippen molar-refractivity contribution < 1.29 is 0 Å². The molecule has 1 N–H and O–H groups in total. The Bertz CT molecular complexity index is 414. The van der Waals surface area contributed by atoms with E-state index in [0.717, 1.165) is 0 Å². The number of halogens is 1. The number of aromatic nitrogens is 2. The van der Waals surface area contributed by atoms with E-state index < -0.39 is 11.2 Å². The quantitative estimate of drug-likeness (QED) is 0.759. The number of nitrogens with one attached hydrogen (secondary N) is 1. The molecule has 0 radical (unpaired) electrons. The van der Waals surface area contributed by atoms with Crippen LogP contribution in [0.3, 0.4) is 0 Å². The molecule has 0 atom stereocenters. The molecule has 1 aromatic rings. The van der Waals surface area contributed by atoms with Crippen LogP contribution in [0.5, 0.6) is 0 Å². The highest BCUT2D eigenvalue weighted by atomic mass is 35.5. The van der Waals surface area contributed by atoms with Crippen LogP contribution in [0, 0.1) is 0 Å². The van der Waals surface area contributed by atoms with Crippen LogP contribution in [-0.2, 0) is 5.54 Å². The summed E-state index contributed by atoms with van der Waals surface area (Å²) >= 11 is 5.55. The third kappa shape index (κ3) is 1.90. The Morgan fingerprint density at radius 2 is 2.07 bits per heavy atom. The van der Waals surface area contributed by atoms with Crippen molar-refractivity contribution in [1.82, 2.24) is 9.55 Å². The van der Waals surface area contributed by atoms with Gasteiger partial charge in [-0.1, -0.05) is 18.5 Å². The van der Waals surface area contributed by atoms with Crippen LogP contribution in [0.15, 0.2) is 15.7 Å². The summed E-state index contributed by atoms with van der Waals surface area (Å²) in [5.74, 6) is 0. The number of hydrogen-bond donors (Lipinski definition) is 1. The monoisotopic (exact) mass is 216 g/mol. The topological polar surface area (TPSA) is 54.9 Å². The van der Waals surface area contributed by atoms with Gasteiger partial charge in [0.05, 0.1) is 0 Å². The van der Waals surface area contributed by atoms with Gasteiger partial charge in [-0.2, -0.15) is 0 Å². The van der Waals surface area contributed by atoms with Crippen molar-refractivity contribution in [3.05, 3.63) is 32.1 Å². The Kier molecular flexibility index (Phi) is 2.85. The van der Waals surface area contributed by atoms with Gasteiger partial charge in [-0.25, -0.2) is 4.79 Å². The van der Waals surface area contributed by atoms with Crippen molar-refractivity contribution in [2.75, 3.05) is 0 Å². The minimum atomic E-state index is -0.491. The summed E-state index contributed by atoms with van der Waals surface area (Å²) in [5.41, 5.74) is -1.32. The van der Waals surface area contributed by atoms with E-state index in [4.69, 9.17) is 11.6 Å². The van der Waals surface area contributed by atoms with Crippen molar-refractivity contribution in [2.24, 2.45) is 0 Å². The van der Waals surface area contributed by atoms with E-state index in [1.54, 1.807) is 0 Å². The summed E-state index contributed by atoms with van der Waals surface area (Å²) in [6.07, 6.45) is 0.692. The van der Waals surface area contributed by atoms with Gasteiger partial charge in [-0.3, -0.25) is 14.3 Å². The standard InChI is InChI=1S/C9H13ClN2O2/c1-4-9(2,3)12-7(13)5-6(10)11-8(12)14/h5H,4H2,1-3H3,(H,11,14). The molecule has 0 aliphatic carbocycles. The SMILES string of the molecule is CCC(C)(C)n1c(=O)cc(Cl)[nH]c1=O. The van der Waals surface area contributed by atoms with Crippen LogP contribution in [0.2, 0.25) is 5.15 Å². The summed E-state index contributed by atoms with van der Waals surface area (Å²) in [6.45, 7) is 5.58. The lowest BCUT2D eigenvalue weighted by Crippen LogP contribution is -2.45. The number of nitrogens with zero attached hydrogens (tertiary/aromatic N) is 1. The molecule has 0 aromatic carbocycles. The predicted octanol–water partition coefficient (Wildman–Crippen LogP) is 1.34. The molecule has 0 fully saturated rings. The molecule has 0 bridgehead atoms. The van der Waals surface area contributed by atoms with Gasteiger partial charge in [0.15, 0.2) is 0 Å². The molecule has 0 aliphatic heterocycles. The first-order valence-corrected chi connectivity index (χ1v) is 4.78. The van der Waals surface area contributed by atoms with Crippen LogP contribution in [0.25, 0.3) is 0 Å². The van der Waals surface area contributed by atoms with Gasteiger partial charge in [0.25, 0.3) is 5.56 Å². The second kappa shape index (κ2) is 3.61. The van der Waals surface area contributed by atoms with E-state index in [1.165, 1.54) is 10.6 Å². The van der Waals surface area contributed by atoms with E-state index in [0.29, 0.717) is 6.42 Å². The van der Waals surface area contributed by atoms with Gasteiger partial charge in [0.1, 0.15) is 5.15 Å². The summed E-state index contributed by atoms with van der Waals surface area (Å²) < 4.78 is 1.18. The fourth-order valence-corrected chi connectivity index (χ4v) is 1.37. The lowest BCUT2D eigenvalue weighted by molar-refractivity contribution is 0.317. The third-order valence-electron chi connectivity index (χ3n) is 2.37. The Morgan fingerprint density at radius 3 is 2.50 bits per heavy atom. The molecule has 5 heteroatoms. The molecule has 0 spiro atoms. The van der Waals surface area contributed by atoms with Gasteiger partial charge in [0, 0.05) is 11.6 Å². The van der Waals surface area contributed by atoms with E-state index in [9.17, 15) is 9.59 Å². The van der Waals surface area contributed by atoms with Crippen LogP contribution < -0.4 is 11.2 Å². The first-order valence-electron chi connectivity index (χ1n) is 4.41. The maximum Gasteiger partial charge on any atom is 0.329 e. The molecule has 1 rings (SSSR count). The fourth-order valence-electron chi connectivity index (χ4n) is 1.20. The average Bonchev–Trinajstić information content (AvgIpc) is 2.01. The highest BCUT2D eigenvalue weighted by molar-refractivity contribution is 6.29. The number of aromatic amines is 1. The van der Waals surface area contributed by atoms with E-state index in [1.807, 2.05) is 20.8 Å². The molecule has 0 saturated heterocycles. The predicted molar refractivity (Wildman–Crippen MR) is 55.9 cm³/mol. The molecule has 14 heavy (non-hydrogen) atoms. The second-order valence-corrected chi connectivity index (χ2v) is 4.17. The van der Waals surface area contributed by atoms with Crippen LogP contribution in [-0.4, -0.2) is 9.55 Å². The van der Waals surface area contributed by atoms with E-state index in [2.05, 4.69) is 4.98 Å². The average molecular weight is 217 g/mol. The van der Waals surface area contributed by atoms with Gasteiger partial charge < -0.3 is 0 Å². The zero-order valence-corrected chi connectivity index (χ0v) is 9.18. The Labute approximate surface area is 86.5 Å². The number of hydrogen-bond acceptors (Lipinski definition) is 2. The van der Waals surface area contributed by atoms with E-state index in [-0.39, 0.29) is 10.7 Å². The summed E-state index contributed by atoms with van der Waals surface area (Å²) in [4.78, 5) is 25.4. The Morgan fingerprint density at radius 1 is 1.50 bits per heavy atom. The minimum absolute atomic E-state index is 0.0724. The van der Waals surface area contributed by atoms with E-state index >= 15 is 0 Å². The molecule has 0 amide bonds. The molecular weight excluding hydrogens is 204 g/mol. The van der Waals surface area contributed by atoms with Crippen molar-refractivity contribution in [3.63, 3.8) is 0 Å². The first-order chi connectivity index (χ1) is 6.38. The number of rotatable bonds is 2. The van der Waals surface area contributed by atoms with Crippen LogP contribution in [0.4, 0.5) is 0 Å². The molecule has 0 unspecified atom stereocenters. The lowest BCUT2D eigenvalue weighted by atomic mass is 10.0. The molecule has 4 nitrogen and oxygen atoms in total. The van der Waals surface area contributed by atoms with Gasteiger partial charge in [0.2, 0.25) is 0 Å². The molecule has 78 valence electrons. The molecular formula is C9H13ClN2O2. The summed E-state index contributed by atoms with van der Waals surface area (Å²) in [7, 11) is 0. The second-order valence-electron chi connectivity index (χ2n) is 3.76. The lowest BCUT2D eigenvalue weighted by Gasteiger charge is -2.24. The number of H-pyrrole nitrogens is 1. The molecule has 1 aromatic heterocycles. The van der Waals surface area contributed by atoms with Crippen molar-refractivity contribution >= 4 is 11.6 Å². The largest absolute Gasteiger partial charge is 0.329 e. The van der Waals surface area contributed by atoms with Gasteiger partial charge >= 0.3 is 5.69 Å². The Hall–Kier alpha value is -1.03. The van der Waals surface area contributed by atoms with Crippen molar-refractivity contribution in [1.29, 1.82) is 0 Å². The highest BCUT2D eigenvalue weighted by Crippen LogP contribution is 2.14.